The standard InChI is InChI=1S/C24H31FO5.2C24H34O4.C23H32O4/c1-6-24(2,3)20-9-7-17(8-10-20)23(26)30-12-11-29-22-18(15-27-4)13-21(25)14-19(22)16-28-5;1-7-24(3,4)21-10-8-9-11-22(21)27-12-13-28-23-19(16-25-5)14-18(2)15-20(23)17-26-6;1-6-24(4,5)21-8-7-9-22(14-21)27-10-11-28-23-19(15-25)12-18(17(2)3)13-20(23)16-26;1-6-18(3)19-8-7-9-22(14-19)26-10-11-27-23-20(15-24-4)12-17(2)13-21(23)16-25-5/h7-10,13-14H,6,11-12,15-16H2,1-5H3;8-11,14-15H,7,12-13,16-17H2,1-6H3;7-9,12-14,17,25-26H,6,10-11,15-16H2,1-5H3;7-9,12-14,18H,6,10-11,15-16H2,1-5H3. The molecule has 0 heterocycles. The Hall–Kier alpha value is -8.56. The third-order valence-corrected chi connectivity index (χ3v) is 20.2. The number of aliphatic hydroxyl groups is 2. The van der Waals surface area contributed by atoms with E-state index in [1.807, 2.05) is 60.7 Å². The van der Waals surface area contributed by atoms with Gasteiger partial charge in [0.1, 0.15) is 98.9 Å². The van der Waals surface area contributed by atoms with Gasteiger partial charge in [-0.2, -0.15) is 0 Å². The van der Waals surface area contributed by atoms with E-state index in [2.05, 4.69) is 165 Å². The van der Waals surface area contributed by atoms with Crippen LogP contribution in [0, 0.1) is 19.7 Å². The monoisotopic (exact) mass is 1560 g/mol. The molecule has 0 fully saturated rings. The predicted molar refractivity (Wildman–Crippen MR) is 449 cm³/mol. The second-order valence-corrected chi connectivity index (χ2v) is 30.4. The summed E-state index contributed by atoms with van der Waals surface area (Å²) < 4.78 is 92.4. The Labute approximate surface area is 675 Å². The summed E-state index contributed by atoms with van der Waals surface area (Å²) in [5, 5.41) is 19.4. The molecule has 0 aliphatic rings. The zero-order chi connectivity index (χ0) is 83.1. The van der Waals surface area contributed by atoms with Crippen molar-refractivity contribution >= 4 is 5.97 Å². The lowest BCUT2D eigenvalue weighted by Gasteiger charge is -2.26. The quantitative estimate of drug-likeness (QED) is 0.0271. The highest BCUT2D eigenvalue weighted by molar-refractivity contribution is 5.89. The van der Waals surface area contributed by atoms with Crippen LogP contribution in [0.4, 0.5) is 4.39 Å². The Bertz CT molecular complexity index is 4000. The molecule has 0 aliphatic carbocycles. The van der Waals surface area contributed by atoms with E-state index in [1.165, 1.54) is 59.7 Å². The van der Waals surface area contributed by atoms with Crippen LogP contribution in [0.3, 0.4) is 0 Å². The van der Waals surface area contributed by atoms with Gasteiger partial charge in [0.25, 0.3) is 0 Å². The van der Waals surface area contributed by atoms with Crippen molar-refractivity contribution in [3.05, 3.63) is 240 Å². The van der Waals surface area contributed by atoms with Crippen LogP contribution in [-0.2, 0) is 102 Å². The number of para-hydroxylation sites is 1. The average molecular weight is 1560 g/mol. The van der Waals surface area contributed by atoms with Crippen molar-refractivity contribution in [3.8, 4) is 40.2 Å². The fourth-order valence-electron chi connectivity index (χ4n) is 12.5. The van der Waals surface area contributed by atoms with Gasteiger partial charge in [0.15, 0.2) is 0 Å². The minimum atomic E-state index is -0.409. The summed E-state index contributed by atoms with van der Waals surface area (Å²) in [6.45, 7) is 37.5. The first-order valence-electron chi connectivity index (χ1n) is 39.5. The van der Waals surface area contributed by atoms with Gasteiger partial charge in [-0.05, 0) is 162 Å². The maximum absolute atomic E-state index is 13.8. The van der Waals surface area contributed by atoms with Crippen LogP contribution in [0.5, 0.6) is 40.2 Å². The Kier molecular flexibility index (Phi) is 41.4. The average Bonchev–Trinajstić information content (AvgIpc) is 0.880. The Morgan fingerprint density at radius 1 is 0.389 bits per heavy atom. The Morgan fingerprint density at radius 3 is 1.19 bits per heavy atom. The largest absolute Gasteiger partial charge is 0.490 e. The van der Waals surface area contributed by atoms with Crippen LogP contribution < -0.4 is 33.2 Å². The van der Waals surface area contributed by atoms with E-state index >= 15 is 0 Å². The number of ether oxygens (including phenoxy) is 14. The molecule has 113 heavy (non-hydrogen) atoms. The smallest absolute Gasteiger partial charge is 0.338 e. The molecule has 2 N–H and O–H groups in total. The minimum Gasteiger partial charge on any atom is -0.490 e. The van der Waals surface area contributed by atoms with Gasteiger partial charge in [0.2, 0.25) is 0 Å². The fraction of sp³-hybridized carbons (Fsp3) is 0.484. The van der Waals surface area contributed by atoms with Crippen molar-refractivity contribution in [1.29, 1.82) is 0 Å². The maximum atomic E-state index is 13.8. The highest BCUT2D eigenvalue weighted by atomic mass is 19.1. The summed E-state index contributed by atoms with van der Waals surface area (Å²) in [5.41, 5.74) is 15.8. The van der Waals surface area contributed by atoms with Gasteiger partial charge in [-0.3, -0.25) is 0 Å². The number of aryl methyl sites for hydroxylation is 2. The molecule has 0 aliphatic heterocycles. The Balaban J connectivity index is 0.000000269. The molecule has 0 aromatic heterocycles. The van der Waals surface area contributed by atoms with Crippen LogP contribution in [-0.4, -0.2) is 112 Å². The number of carbonyl (C=O) groups excluding carboxylic acids is 1. The first-order chi connectivity index (χ1) is 54.1. The first kappa shape index (κ1) is 95.0. The van der Waals surface area contributed by atoms with E-state index in [9.17, 15) is 19.4 Å². The molecule has 1 unspecified atom stereocenters. The van der Waals surface area contributed by atoms with Gasteiger partial charge in [0.05, 0.1) is 58.4 Å². The predicted octanol–water partition coefficient (Wildman–Crippen LogP) is 20.7. The van der Waals surface area contributed by atoms with Crippen LogP contribution in [0.2, 0.25) is 0 Å². The molecular formula is C95H131FO17. The zero-order valence-electron chi connectivity index (χ0n) is 71.5. The summed E-state index contributed by atoms with van der Waals surface area (Å²) in [4.78, 5) is 12.3. The van der Waals surface area contributed by atoms with E-state index in [-0.39, 0.29) is 61.7 Å². The second kappa shape index (κ2) is 49.3. The van der Waals surface area contributed by atoms with E-state index in [1.54, 1.807) is 40.6 Å². The van der Waals surface area contributed by atoms with Gasteiger partial charge in [0, 0.05) is 87.2 Å². The van der Waals surface area contributed by atoms with Gasteiger partial charge in [-0.25, -0.2) is 9.18 Å². The molecule has 8 rings (SSSR count). The molecule has 1 atom stereocenters. The zero-order valence-corrected chi connectivity index (χ0v) is 71.5. The maximum Gasteiger partial charge on any atom is 0.338 e. The summed E-state index contributed by atoms with van der Waals surface area (Å²) in [6, 6.07) is 47.2. The van der Waals surface area contributed by atoms with Crippen molar-refractivity contribution in [2.45, 2.75) is 210 Å². The normalized spacial score (nSPS) is 11.7. The lowest BCUT2D eigenvalue weighted by molar-refractivity contribution is 0.0446. The van der Waals surface area contributed by atoms with Crippen LogP contribution in [0.25, 0.3) is 0 Å². The highest BCUT2D eigenvalue weighted by Gasteiger charge is 2.25. The van der Waals surface area contributed by atoms with E-state index in [4.69, 9.17) is 66.3 Å². The van der Waals surface area contributed by atoms with E-state index < -0.39 is 5.97 Å². The number of aliphatic hydroxyl groups excluding tert-OH is 2. The number of benzene rings is 8. The van der Waals surface area contributed by atoms with Crippen LogP contribution in [0.15, 0.2) is 146 Å². The molecule has 0 spiro atoms. The number of esters is 1. The van der Waals surface area contributed by atoms with Crippen molar-refractivity contribution in [3.63, 3.8) is 0 Å². The van der Waals surface area contributed by atoms with Gasteiger partial charge >= 0.3 is 5.97 Å². The molecule has 18 heteroatoms. The molecule has 8 aromatic rings. The molecule has 620 valence electrons. The third-order valence-electron chi connectivity index (χ3n) is 20.2. The molecule has 0 radical (unpaired) electrons. The molecule has 17 nitrogen and oxygen atoms in total. The summed E-state index contributed by atoms with van der Waals surface area (Å²) in [6.07, 6.45) is 4.23. The van der Waals surface area contributed by atoms with Crippen molar-refractivity contribution in [2.24, 2.45) is 0 Å². The number of rotatable bonds is 43. The lowest BCUT2D eigenvalue weighted by Crippen LogP contribution is -2.18. The van der Waals surface area contributed by atoms with Gasteiger partial charge in [-0.15, -0.1) is 0 Å². The number of hydrogen-bond donors (Lipinski definition) is 2. The van der Waals surface area contributed by atoms with Crippen molar-refractivity contribution in [1.82, 2.24) is 0 Å². The van der Waals surface area contributed by atoms with E-state index in [0.29, 0.717) is 117 Å². The topological polar surface area (TPSA) is 187 Å². The molecule has 0 bridgehead atoms. The molecule has 0 amide bonds. The summed E-state index contributed by atoms with van der Waals surface area (Å²) in [7, 11) is 9.82. The second-order valence-electron chi connectivity index (χ2n) is 30.4. The third kappa shape index (κ3) is 30.3. The SMILES string of the molecule is CCC(C)(C)c1ccc(C(=O)OCCOc2c(COC)cc(F)cc2COC)cc1.CCC(C)(C)c1cccc(OCCOc2c(CO)cc(C(C)C)cc2CO)c1.CCC(C)(C)c1ccccc1OCCOc1c(COC)cc(C)cc1COC.CCC(C)c1cccc(OCCOc2c(COC)cc(C)cc2COC)c1. The molecule has 0 saturated carbocycles. The van der Waals surface area contributed by atoms with E-state index in [0.717, 1.165) is 82.2 Å². The number of methoxy groups -OCH3 is 6. The molecular weight excluding hydrogens is 1430 g/mol. The molecule has 8 aromatic carbocycles. The number of halogens is 1. The van der Waals surface area contributed by atoms with Crippen molar-refractivity contribution < 1.29 is 85.7 Å². The first-order valence-corrected chi connectivity index (χ1v) is 39.5. The molecule has 0 saturated heterocycles. The summed E-state index contributed by atoms with van der Waals surface area (Å²) in [5.74, 6) is 5.39. The number of hydrogen-bond acceptors (Lipinski definition) is 17. The summed E-state index contributed by atoms with van der Waals surface area (Å²) >= 11 is 0. The Morgan fingerprint density at radius 2 is 0.770 bits per heavy atom. The fourth-order valence-corrected chi connectivity index (χ4v) is 12.5. The van der Waals surface area contributed by atoms with Crippen LogP contribution in [0.1, 0.15) is 221 Å². The highest BCUT2D eigenvalue weighted by Crippen LogP contribution is 2.37. The van der Waals surface area contributed by atoms with Gasteiger partial charge in [-0.1, -0.05) is 180 Å². The van der Waals surface area contributed by atoms with Crippen LogP contribution >= 0.6 is 0 Å². The lowest BCUT2D eigenvalue weighted by atomic mass is 9.82. The number of carbonyl (C=O) groups is 1. The van der Waals surface area contributed by atoms with Gasteiger partial charge < -0.3 is 76.5 Å². The minimum absolute atomic E-state index is 0.0608. The van der Waals surface area contributed by atoms with Crippen molar-refractivity contribution in [2.75, 3.05) is 95.5 Å².